The molecule has 1 fully saturated rings. The number of rotatable bonds is 7. The summed E-state index contributed by atoms with van der Waals surface area (Å²) in [6.07, 6.45) is 2.41. The number of aliphatic hydroxyl groups is 1. The molecule has 3 rings (SSSR count). The van der Waals surface area contributed by atoms with Crippen molar-refractivity contribution >= 4 is 12.4 Å². The van der Waals surface area contributed by atoms with E-state index in [4.69, 9.17) is 9.47 Å². The summed E-state index contributed by atoms with van der Waals surface area (Å²) in [5.41, 5.74) is 2.47. The SMILES string of the molecule is COc1cccc(CCc2ccccc2OC[C@@H]2C[C@@H](O)CN2C)c1.Cl. The molecule has 0 radical (unpaired) electrons. The van der Waals surface area contributed by atoms with Crippen LogP contribution in [0.15, 0.2) is 48.5 Å². The number of para-hydroxylation sites is 1. The Labute approximate surface area is 162 Å². The molecule has 0 amide bonds. The van der Waals surface area contributed by atoms with Gasteiger partial charge < -0.3 is 14.6 Å². The van der Waals surface area contributed by atoms with Crippen LogP contribution in [-0.2, 0) is 12.8 Å². The van der Waals surface area contributed by atoms with Crippen LogP contribution in [0.5, 0.6) is 11.5 Å². The molecule has 5 heteroatoms. The van der Waals surface area contributed by atoms with E-state index in [2.05, 4.69) is 29.2 Å². The van der Waals surface area contributed by atoms with Crippen molar-refractivity contribution in [3.63, 3.8) is 0 Å². The molecule has 4 nitrogen and oxygen atoms in total. The molecule has 2 atom stereocenters. The molecule has 0 saturated carbocycles. The molecular formula is C21H28ClNO3. The first kappa shape index (κ1) is 20.6. The van der Waals surface area contributed by atoms with Crippen molar-refractivity contribution in [1.29, 1.82) is 0 Å². The number of ether oxygens (including phenoxy) is 2. The second-order valence-corrected chi connectivity index (χ2v) is 6.75. The molecule has 1 saturated heterocycles. The van der Waals surface area contributed by atoms with Gasteiger partial charge in [0.1, 0.15) is 18.1 Å². The monoisotopic (exact) mass is 377 g/mol. The predicted molar refractivity (Wildman–Crippen MR) is 107 cm³/mol. The average Bonchev–Trinajstić information content (AvgIpc) is 2.96. The van der Waals surface area contributed by atoms with E-state index >= 15 is 0 Å². The van der Waals surface area contributed by atoms with Gasteiger partial charge in [-0.15, -0.1) is 12.4 Å². The minimum Gasteiger partial charge on any atom is -0.497 e. The normalized spacial score (nSPS) is 19.8. The highest BCUT2D eigenvalue weighted by Gasteiger charge is 2.28. The molecule has 1 N–H and O–H groups in total. The van der Waals surface area contributed by atoms with E-state index in [9.17, 15) is 5.11 Å². The number of likely N-dealkylation sites (tertiary alicyclic amines) is 1. The Balaban J connectivity index is 0.00000243. The fraction of sp³-hybridized carbons (Fsp3) is 0.429. The molecule has 0 aliphatic carbocycles. The van der Waals surface area contributed by atoms with E-state index in [0.29, 0.717) is 6.61 Å². The van der Waals surface area contributed by atoms with E-state index in [1.807, 2.05) is 31.3 Å². The maximum absolute atomic E-state index is 9.77. The van der Waals surface area contributed by atoms with Crippen LogP contribution in [0.3, 0.4) is 0 Å². The van der Waals surface area contributed by atoms with Crippen LogP contribution in [0.25, 0.3) is 0 Å². The lowest BCUT2D eigenvalue weighted by atomic mass is 10.0. The van der Waals surface area contributed by atoms with Gasteiger partial charge in [0, 0.05) is 12.6 Å². The zero-order valence-corrected chi connectivity index (χ0v) is 16.2. The molecule has 0 spiro atoms. The van der Waals surface area contributed by atoms with Crippen LogP contribution in [0.1, 0.15) is 17.5 Å². The summed E-state index contributed by atoms with van der Waals surface area (Å²) in [6.45, 7) is 1.34. The zero-order chi connectivity index (χ0) is 17.6. The van der Waals surface area contributed by atoms with Crippen LogP contribution in [0, 0.1) is 0 Å². The fourth-order valence-electron chi connectivity index (χ4n) is 3.39. The van der Waals surface area contributed by atoms with E-state index in [0.717, 1.165) is 37.3 Å². The Kier molecular flexibility index (Phi) is 7.76. The highest BCUT2D eigenvalue weighted by molar-refractivity contribution is 5.85. The minimum absolute atomic E-state index is 0. The van der Waals surface area contributed by atoms with E-state index in [-0.39, 0.29) is 24.6 Å². The Bertz CT molecular complexity index is 694. The second-order valence-electron chi connectivity index (χ2n) is 6.75. The lowest BCUT2D eigenvalue weighted by Crippen LogP contribution is -2.30. The van der Waals surface area contributed by atoms with Crippen LogP contribution < -0.4 is 9.47 Å². The number of aryl methyl sites for hydroxylation is 2. The smallest absolute Gasteiger partial charge is 0.122 e. The first-order valence-electron chi connectivity index (χ1n) is 8.87. The van der Waals surface area contributed by atoms with Gasteiger partial charge in [-0.2, -0.15) is 0 Å². The van der Waals surface area contributed by atoms with Gasteiger partial charge in [0.2, 0.25) is 0 Å². The van der Waals surface area contributed by atoms with Crippen molar-refractivity contribution in [2.45, 2.75) is 31.4 Å². The quantitative estimate of drug-likeness (QED) is 0.803. The van der Waals surface area contributed by atoms with E-state index < -0.39 is 0 Å². The van der Waals surface area contributed by atoms with Crippen molar-refractivity contribution in [2.75, 3.05) is 27.3 Å². The molecule has 1 aliphatic rings. The molecule has 0 unspecified atom stereocenters. The molecular weight excluding hydrogens is 350 g/mol. The van der Waals surface area contributed by atoms with Crippen molar-refractivity contribution in [3.8, 4) is 11.5 Å². The Morgan fingerprint density at radius 3 is 2.65 bits per heavy atom. The number of halogens is 1. The maximum atomic E-state index is 9.77. The summed E-state index contributed by atoms with van der Waals surface area (Å²) in [7, 11) is 3.73. The minimum atomic E-state index is -0.234. The van der Waals surface area contributed by atoms with Gasteiger partial charge in [0.25, 0.3) is 0 Å². The van der Waals surface area contributed by atoms with E-state index in [1.54, 1.807) is 7.11 Å². The van der Waals surface area contributed by atoms with Gasteiger partial charge in [-0.25, -0.2) is 0 Å². The van der Waals surface area contributed by atoms with Gasteiger partial charge >= 0.3 is 0 Å². The number of methoxy groups -OCH3 is 1. The summed E-state index contributed by atoms with van der Waals surface area (Å²) < 4.78 is 11.4. The molecule has 2 aromatic rings. The first-order valence-corrected chi connectivity index (χ1v) is 8.87. The lowest BCUT2D eigenvalue weighted by Gasteiger charge is -2.20. The Morgan fingerprint density at radius 2 is 1.92 bits per heavy atom. The molecule has 0 aromatic heterocycles. The van der Waals surface area contributed by atoms with Crippen molar-refractivity contribution in [1.82, 2.24) is 4.90 Å². The summed E-state index contributed by atoms with van der Waals surface area (Å²) in [6, 6.07) is 16.7. The fourth-order valence-corrected chi connectivity index (χ4v) is 3.39. The largest absolute Gasteiger partial charge is 0.497 e. The second kappa shape index (κ2) is 9.81. The number of benzene rings is 2. The van der Waals surface area contributed by atoms with Gasteiger partial charge in [-0.3, -0.25) is 4.90 Å². The lowest BCUT2D eigenvalue weighted by molar-refractivity contribution is 0.182. The molecule has 26 heavy (non-hydrogen) atoms. The van der Waals surface area contributed by atoms with Gasteiger partial charge in [0.15, 0.2) is 0 Å². The number of likely N-dealkylation sites (N-methyl/N-ethyl adjacent to an activating group) is 1. The van der Waals surface area contributed by atoms with Crippen LogP contribution in [0.2, 0.25) is 0 Å². The molecule has 1 aliphatic heterocycles. The summed E-state index contributed by atoms with van der Waals surface area (Å²) in [5, 5.41) is 9.77. The summed E-state index contributed by atoms with van der Waals surface area (Å²) in [5.74, 6) is 1.84. The summed E-state index contributed by atoms with van der Waals surface area (Å²) >= 11 is 0. The molecule has 1 heterocycles. The third-order valence-electron chi connectivity index (χ3n) is 4.89. The highest BCUT2D eigenvalue weighted by Crippen LogP contribution is 2.23. The van der Waals surface area contributed by atoms with Crippen LogP contribution in [0.4, 0.5) is 0 Å². The maximum Gasteiger partial charge on any atom is 0.122 e. The topological polar surface area (TPSA) is 41.9 Å². The first-order chi connectivity index (χ1) is 12.2. The van der Waals surface area contributed by atoms with Gasteiger partial charge in [-0.05, 0) is 55.6 Å². The van der Waals surface area contributed by atoms with Crippen LogP contribution in [-0.4, -0.2) is 49.5 Å². The van der Waals surface area contributed by atoms with Crippen molar-refractivity contribution in [2.24, 2.45) is 0 Å². The highest BCUT2D eigenvalue weighted by atomic mass is 35.5. The van der Waals surface area contributed by atoms with Gasteiger partial charge in [-0.1, -0.05) is 30.3 Å². The third-order valence-corrected chi connectivity index (χ3v) is 4.89. The van der Waals surface area contributed by atoms with Crippen molar-refractivity contribution in [3.05, 3.63) is 59.7 Å². The van der Waals surface area contributed by atoms with Crippen molar-refractivity contribution < 1.29 is 14.6 Å². The van der Waals surface area contributed by atoms with Gasteiger partial charge in [0.05, 0.1) is 13.2 Å². The number of hydrogen-bond acceptors (Lipinski definition) is 4. The molecule has 142 valence electrons. The number of hydrogen-bond donors (Lipinski definition) is 1. The number of β-amino-alcohol motifs (C(OH)–C–C–N with tert-alkyl or cyclic N) is 1. The molecule has 2 aromatic carbocycles. The van der Waals surface area contributed by atoms with Crippen LogP contribution >= 0.6 is 12.4 Å². The zero-order valence-electron chi connectivity index (χ0n) is 15.4. The third kappa shape index (κ3) is 5.37. The Hall–Kier alpha value is -1.75. The predicted octanol–water partition coefficient (Wildman–Crippen LogP) is 3.35. The number of aliphatic hydroxyl groups excluding tert-OH is 1. The number of nitrogens with zero attached hydrogens (tertiary/aromatic N) is 1. The van der Waals surface area contributed by atoms with E-state index in [1.165, 1.54) is 11.1 Å². The Morgan fingerprint density at radius 1 is 1.12 bits per heavy atom. The molecule has 0 bridgehead atoms. The standard InChI is InChI=1S/C21H27NO3.ClH/c1-22-14-19(23)13-18(22)15-25-21-9-4-3-7-17(21)11-10-16-6-5-8-20(12-16)24-2;/h3-9,12,18-19,23H,10-11,13-15H2,1-2H3;1H/t18-,19+;/m0./s1. The summed E-state index contributed by atoms with van der Waals surface area (Å²) in [4.78, 5) is 2.17. The average molecular weight is 378 g/mol.